The van der Waals surface area contributed by atoms with E-state index in [1.54, 1.807) is 18.3 Å². The molecule has 0 unspecified atom stereocenters. The van der Waals surface area contributed by atoms with Gasteiger partial charge in [0.25, 0.3) is 5.91 Å². The Balaban J connectivity index is 1.54. The van der Waals surface area contributed by atoms with E-state index >= 15 is 0 Å². The molecule has 1 aliphatic rings. The summed E-state index contributed by atoms with van der Waals surface area (Å²) in [6.07, 6.45) is 3.21. The van der Waals surface area contributed by atoms with E-state index in [-0.39, 0.29) is 24.5 Å². The van der Waals surface area contributed by atoms with Gasteiger partial charge in [0.15, 0.2) is 17.3 Å². The van der Waals surface area contributed by atoms with Gasteiger partial charge in [-0.2, -0.15) is 0 Å². The van der Waals surface area contributed by atoms with Crippen LogP contribution in [0.15, 0.2) is 71.5 Å². The van der Waals surface area contributed by atoms with E-state index in [0.717, 1.165) is 26.8 Å². The highest BCUT2D eigenvalue weighted by Crippen LogP contribution is 2.41. The van der Waals surface area contributed by atoms with Gasteiger partial charge in [0, 0.05) is 16.6 Å². The Morgan fingerprint density at radius 1 is 1.10 bits per heavy atom. The van der Waals surface area contributed by atoms with Gasteiger partial charge in [0.05, 0.1) is 12.3 Å². The topological polar surface area (TPSA) is 85.6 Å². The maximum atomic E-state index is 12.6. The van der Waals surface area contributed by atoms with Crippen molar-refractivity contribution in [3.05, 3.63) is 88.8 Å². The summed E-state index contributed by atoms with van der Waals surface area (Å²) in [6, 6.07) is 16.6. The van der Waals surface area contributed by atoms with Crippen LogP contribution in [0.4, 0.5) is 10.8 Å². The molecular weight excluding hydrogens is 414 g/mol. The third kappa shape index (κ3) is 3.97. The summed E-state index contributed by atoms with van der Waals surface area (Å²) in [5, 5.41) is 7.22. The van der Waals surface area contributed by atoms with Crippen LogP contribution in [0.5, 0.6) is 11.5 Å². The van der Waals surface area contributed by atoms with Crippen molar-refractivity contribution in [2.24, 2.45) is 0 Å². The summed E-state index contributed by atoms with van der Waals surface area (Å²) < 4.78 is 16.3. The van der Waals surface area contributed by atoms with Crippen LogP contribution in [-0.4, -0.2) is 17.7 Å². The molecule has 3 aromatic heterocycles. The van der Waals surface area contributed by atoms with Crippen molar-refractivity contribution in [3.63, 3.8) is 0 Å². The molecular formula is C23H19N3O4S. The first kappa shape index (κ1) is 19.2. The Morgan fingerprint density at radius 3 is 2.81 bits per heavy atom. The summed E-state index contributed by atoms with van der Waals surface area (Å²) in [4.78, 5) is 18.1. The van der Waals surface area contributed by atoms with E-state index in [1.807, 2.05) is 43.3 Å². The SMILES string of the molecule is Cc1cc([C@@H](Nc2ccccn2)c2ccc3c(c2)OCO3)c(NC(=O)c2ccco2)s1. The second-order valence-corrected chi connectivity index (χ2v) is 8.23. The standard InChI is InChI=1S/C23H19N3O4S/c1-14-11-16(23(31-14)26-22(27)18-5-4-10-28-18)21(25-20-6-2-3-9-24-20)15-7-8-17-19(12-15)30-13-29-17/h2-12,21H,13H2,1H3,(H,24,25)(H,26,27)/t21-/m0/s1. The Kier molecular flexibility index (Phi) is 5.05. The van der Waals surface area contributed by atoms with Gasteiger partial charge >= 0.3 is 0 Å². The fraction of sp³-hybridized carbons (Fsp3) is 0.130. The van der Waals surface area contributed by atoms with Crippen molar-refractivity contribution in [2.75, 3.05) is 17.4 Å². The minimum absolute atomic E-state index is 0.207. The van der Waals surface area contributed by atoms with Crippen LogP contribution in [0.1, 0.15) is 32.6 Å². The molecule has 1 atom stereocenters. The predicted octanol–water partition coefficient (Wildman–Crippen LogP) is 5.23. The van der Waals surface area contributed by atoms with Crippen LogP contribution in [-0.2, 0) is 0 Å². The quantitative estimate of drug-likeness (QED) is 0.433. The number of benzene rings is 1. The monoisotopic (exact) mass is 433 g/mol. The number of aromatic nitrogens is 1. The van der Waals surface area contributed by atoms with E-state index in [0.29, 0.717) is 11.5 Å². The molecule has 8 heteroatoms. The van der Waals surface area contributed by atoms with Crippen LogP contribution in [0.2, 0.25) is 0 Å². The molecule has 0 saturated heterocycles. The molecule has 31 heavy (non-hydrogen) atoms. The van der Waals surface area contributed by atoms with E-state index in [1.165, 1.54) is 17.6 Å². The molecule has 4 aromatic rings. The minimum atomic E-state index is -0.296. The number of thiophene rings is 1. The van der Waals surface area contributed by atoms with Crippen molar-refractivity contribution in [1.29, 1.82) is 0 Å². The number of rotatable bonds is 6. The number of carbonyl (C=O) groups is 1. The number of ether oxygens (including phenoxy) is 2. The molecule has 2 N–H and O–H groups in total. The summed E-state index contributed by atoms with van der Waals surface area (Å²) in [5.74, 6) is 2.09. The van der Waals surface area contributed by atoms with Crippen LogP contribution in [0, 0.1) is 6.92 Å². The van der Waals surface area contributed by atoms with Gasteiger partial charge in [-0.05, 0) is 55.0 Å². The normalized spacial score (nSPS) is 13.1. The molecule has 0 bridgehead atoms. The number of fused-ring (bicyclic) bond motifs is 1. The largest absolute Gasteiger partial charge is 0.459 e. The maximum Gasteiger partial charge on any atom is 0.291 e. The lowest BCUT2D eigenvalue weighted by Gasteiger charge is -2.21. The molecule has 4 heterocycles. The predicted molar refractivity (Wildman–Crippen MR) is 118 cm³/mol. The average molecular weight is 433 g/mol. The number of hydrogen-bond donors (Lipinski definition) is 2. The summed E-state index contributed by atoms with van der Waals surface area (Å²) in [7, 11) is 0. The van der Waals surface area contributed by atoms with Gasteiger partial charge in [0.1, 0.15) is 10.8 Å². The average Bonchev–Trinajstić information content (AvgIpc) is 3.53. The zero-order valence-corrected chi connectivity index (χ0v) is 17.4. The molecule has 0 fully saturated rings. The van der Waals surface area contributed by atoms with Gasteiger partial charge in [-0.3, -0.25) is 4.79 Å². The Bertz CT molecular complexity index is 1210. The third-order valence-corrected chi connectivity index (χ3v) is 5.84. The van der Waals surface area contributed by atoms with Crippen molar-refractivity contribution in [3.8, 4) is 11.5 Å². The van der Waals surface area contributed by atoms with Crippen LogP contribution in [0.3, 0.4) is 0 Å². The number of pyridine rings is 1. The van der Waals surface area contributed by atoms with Crippen molar-refractivity contribution in [2.45, 2.75) is 13.0 Å². The summed E-state index contributed by atoms with van der Waals surface area (Å²) >= 11 is 1.51. The lowest BCUT2D eigenvalue weighted by molar-refractivity contribution is 0.0997. The fourth-order valence-corrected chi connectivity index (χ4v) is 4.39. The first-order chi connectivity index (χ1) is 15.2. The Hall–Kier alpha value is -3.78. The zero-order valence-electron chi connectivity index (χ0n) is 16.6. The van der Waals surface area contributed by atoms with Crippen molar-refractivity contribution < 1.29 is 18.7 Å². The smallest absolute Gasteiger partial charge is 0.291 e. The van der Waals surface area contributed by atoms with Crippen molar-refractivity contribution >= 4 is 28.1 Å². The highest BCUT2D eigenvalue weighted by molar-refractivity contribution is 7.16. The molecule has 1 aliphatic heterocycles. The highest BCUT2D eigenvalue weighted by Gasteiger charge is 2.25. The number of nitrogens with one attached hydrogen (secondary N) is 2. The molecule has 5 rings (SSSR count). The van der Waals surface area contributed by atoms with Gasteiger partial charge in [0.2, 0.25) is 6.79 Å². The van der Waals surface area contributed by atoms with Crippen LogP contribution in [0.25, 0.3) is 0 Å². The molecule has 1 amide bonds. The number of hydrogen-bond acceptors (Lipinski definition) is 7. The lowest BCUT2D eigenvalue weighted by atomic mass is 9.99. The van der Waals surface area contributed by atoms with Crippen LogP contribution < -0.4 is 20.1 Å². The van der Waals surface area contributed by atoms with Crippen LogP contribution >= 0.6 is 11.3 Å². The molecule has 7 nitrogen and oxygen atoms in total. The van der Waals surface area contributed by atoms with E-state index in [4.69, 9.17) is 13.9 Å². The summed E-state index contributed by atoms with van der Waals surface area (Å²) in [6.45, 7) is 2.22. The van der Waals surface area contributed by atoms with E-state index in [9.17, 15) is 4.79 Å². The summed E-state index contributed by atoms with van der Waals surface area (Å²) in [5.41, 5.74) is 1.88. The molecule has 156 valence electrons. The highest BCUT2D eigenvalue weighted by atomic mass is 32.1. The van der Waals surface area contributed by atoms with Gasteiger partial charge < -0.3 is 24.5 Å². The molecule has 0 spiro atoms. The second kappa shape index (κ2) is 8.16. The Morgan fingerprint density at radius 2 is 2.00 bits per heavy atom. The lowest BCUT2D eigenvalue weighted by Crippen LogP contribution is -2.16. The van der Waals surface area contributed by atoms with Gasteiger partial charge in [-0.25, -0.2) is 4.98 Å². The van der Waals surface area contributed by atoms with Crippen molar-refractivity contribution in [1.82, 2.24) is 4.98 Å². The molecule has 1 aromatic carbocycles. The zero-order chi connectivity index (χ0) is 21.2. The first-order valence-electron chi connectivity index (χ1n) is 9.70. The maximum absolute atomic E-state index is 12.6. The number of aryl methyl sites for hydroxylation is 1. The molecule has 0 radical (unpaired) electrons. The number of furan rings is 1. The number of nitrogens with zero attached hydrogens (tertiary/aromatic N) is 1. The number of amides is 1. The third-order valence-electron chi connectivity index (χ3n) is 4.85. The Labute approximate surface area is 182 Å². The van der Waals surface area contributed by atoms with Gasteiger partial charge in [-0.1, -0.05) is 12.1 Å². The van der Waals surface area contributed by atoms with E-state index in [2.05, 4.69) is 21.7 Å². The van der Waals surface area contributed by atoms with E-state index < -0.39 is 0 Å². The fourth-order valence-electron chi connectivity index (χ4n) is 3.45. The van der Waals surface area contributed by atoms with Gasteiger partial charge in [-0.15, -0.1) is 11.3 Å². The second-order valence-electron chi connectivity index (χ2n) is 6.98. The first-order valence-corrected chi connectivity index (χ1v) is 10.5. The minimum Gasteiger partial charge on any atom is -0.459 e. The molecule has 0 saturated carbocycles. The number of anilines is 2. The number of carbonyl (C=O) groups excluding carboxylic acids is 1. The molecule has 0 aliphatic carbocycles.